The Morgan fingerprint density at radius 2 is 2.21 bits per heavy atom. The van der Waals surface area contributed by atoms with Gasteiger partial charge < -0.3 is 15.5 Å². The second-order valence-electron chi connectivity index (χ2n) is 5.41. The van der Waals surface area contributed by atoms with E-state index in [4.69, 9.17) is 5.73 Å². The summed E-state index contributed by atoms with van der Waals surface area (Å²) >= 11 is 0. The molecule has 1 aliphatic rings. The van der Waals surface area contributed by atoms with Gasteiger partial charge in [0.1, 0.15) is 5.82 Å². The zero-order chi connectivity index (χ0) is 14.0. The Morgan fingerprint density at radius 1 is 1.47 bits per heavy atom. The van der Waals surface area contributed by atoms with Crippen LogP contribution in [0.3, 0.4) is 0 Å². The van der Waals surface area contributed by atoms with Crippen LogP contribution in [0.1, 0.15) is 12.5 Å². The number of hydrogen-bond donors (Lipinski definition) is 1. The molecule has 1 aliphatic heterocycles. The fourth-order valence-electron chi connectivity index (χ4n) is 2.39. The molecule has 5 heteroatoms. The van der Waals surface area contributed by atoms with Crippen molar-refractivity contribution in [2.45, 2.75) is 12.5 Å². The van der Waals surface area contributed by atoms with E-state index in [2.05, 4.69) is 21.7 Å². The van der Waals surface area contributed by atoms with E-state index in [1.807, 2.05) is 20.2 Å². The van der Waals surface area contributed by atoms with Crippen molar-refractivity contribution < 1.29 is 4.39 Å². The van der Waals surface area contributed by atoms with Gasteiger partial charge >= 0.3 is 0 Å². The number of aliphatic imine (C=N–C) groups is 1. The molecule has 0 saturated heterocycles. The summed E-state index contributed by atoms with van der Waals surface area (Å²) in [6.07, 6.45) is 0. The zero-order valence-electron chi connectivity index (χ0n) is 11.7. The maximum absolute atomic E-state index is 13.4. The number of benzene rings is 1. The Hall–Kier alpha value is -1.62. The first-order valence-electron chi connectivity index (χ1n) is 6.42. The standard InChI is InChI=1S/C14H21FN4/c1-14(11-5-4-6-12(15)9-11)10-17-13(16)19(14)8-7-18(2)3/h4-6,9H,7-8,10H2,1-3H3,(H2,16,17). The third-order valence-corrected chi connectivity index (χ3v) is 3.64. The van der Waals surface area contributed by atoms with Gasteiger partial charge in [-0.2, -0.15) is 0 Å². The SMILES string of the molecule is CN(C)CCN1C(N)=NCC1(C)c1cccc(F)c1. The lowest BCUT2D eigenvalue weighted by molar-refractivity contribution is 0.204. The van der Waals surface area contributed by atoms with Gasteiger partial charge in [-0.1, -0.05) is 12.1 Å². The average Bonchev–Trinajstić information content (AvgIpc) is 2.64. The highest BCUT2D eigenvalue weighted by molar-refractivity contribution is 5.81. The molecular weight excluding hydrogens is 243 g/mol. The molecule has 0 bridgehead atoms. The zero-order valence-corrected chi connectivity index (χ0v) is 11.7. The molecule has 0 spiro atoms. The van der Waals surface area contributed by atoms with Crippen molar-refractivity contribution in [3.05, 3.63) is 35.6 Å². The summed E-state index contributed by atoms with van der Waals surface area (Å²) in [5.41, 5.74) is 6.53. The lowest BCUT2D eigenvalue weighted by atomic mass is 9.91. The molecular formula is C14H21FN4. The second kappa shape index (κ2) is 5.17. The van der Waals surface area contributed by atoms with E-state index in [0.29, 0.717) is 12.5 Å². The van der Waals surface area contributed by atoms with Gasteiger partial charge in [-0.25, -0.2) is 4.39 Å². The monoisotopic (exact) mass is 264 g/mol. The first kappa shape index (κ1) is 13.8. The molecule has 1 atom stereocenters. The summed E-state index contributed by atoms with van der Waals surface area (Å²) in [7, 11) is 4.03. The van der Waals surface area contributed by atoms with Crippen molar-refractivity contribution in [2.24, 2.45) is 10.7 Å². The van der Waals surface area contributed by atoms with E-state index in [1.54, 1.807) is 12.1 Å². The van der Waals surface area contributed by atoms with Gasteiger partial charge in [0.05, 0.1) is 12.1 Å². The molecule has 1 unspecified atom stereocenters. The van der Waals surface area contributed by atoms with Crippen LogP contribution in [0.25, 0.3) is 0 Å². The molecule has 4 nitrogen and oxygen atoms in total. The van der Waals surface area contributed by atoms with E-state index in [1.165, 1.54) is 6.07 Å². The predicted molar refractivity (Wildman–Crippen MR) is 75.5 cm³/mol. The van der Waals surface area contributed by atoms with Gasteiger partial charge in [0, 0.05) is 13.1 Å². The van der Waals surface area contributed by atoms with Crippen molar-refractivity contribution in [1.82, 2.24) is 9.80 Å². The van der Waals surface area contributed by atoms with Crippen molar-refractivity contribution in [1.29, 1.82) is 0 Å². The number of nitrogens with two attached hydrogens (primary N) is 1. The Balaban J connectivity index is 2.26. The Morgan fingerprint density at radius 3 is 2.84 bits per heavy atom. The molecule has 0 amide bonds. The molecule has 1 aromatic rings. The Kier molecular flexibility index (Phi) is 3.75. The maximum Gasteiger partial charge on any atom is 0.192 e. The van der Waals surface area contributed by atoms with E-state index in [9.17, 15) is 4.39 Å². The van der Waals surface area contributed by atoms with E-state index >= 15 is 0 Å². The molecule has 19 heavy (non-hydrogen) atoms. The minimum atomic E-state index is -0.359. The van der Waals surface area contributed by atoms with E-state index in [-0.39, 0.29) is 11.4 Å². The van der Waals surface area contributed by atoms with Crippen molar-refractivity contribution in [3.63, 3.8) is 0 Å². The first-order chi connectivity index (χ1) is 8.93. The van der Waals surface area contributed by atoms with Crippen LogP contribution >= 0.6 is 0 Å². The van der Waals surface area contributed by atoms with Crippen LogP contribution < -0.4 is 5.73 Å². The van der Waals surface area contributed by atoms with E-state index < -0.39 is 0 Å². The summed E-state index contributed by atoms with van der Waals surface area (Å²) in [6.45, 7) is 4.27. The van der Waals surface area contributed by atoms with Crippen LogP contribution in [0.4, 0.5) is 4.39 Å². The highest BCUT2D eigenvalue weighted by Gasteiger charge is 2.39. The molecule has 2 rings (SSSR count). The number of rotatable bonds is 4. The molecule has 2 N–H and O–H groups in total. The van der Waals surface area contributed by atoms with Gasteiger partial charge in [0.15, 0.2) is 5.96 Å². The molecule has 104 valence electrons. The van der Waals surface area contributed by atoms with Crippen LogP contribution in [0.5, 0.6) is 0 Å². The summed E-state index contributed by atoms with van der Waals surface area (Å²) < 4.78 is 13.4. The maximum atomic E-state index is 13.4. The Labute approximate surface area is 113 Å². The van der Waals surface area contributed by atoms with Gasteiger partial charge in [-0.15, -0.1) is 0 Å². The smallest absolute Gasteiger partial charge is 0.192 e. The highest BCUT2D eigenvalue weighted by atomic mass is 19.1. The van der Waals surface area contributed by atoms with Crippen molar-refractivity contribution in [3.8, 4) is 0 Å². The van der Waals surface area contributed by atoms with Crippen LogP contribution in [0.15, 0.2) is 29.3 Å². The van der Waals surface area contributed by atoms with Gasteiger partial charge in [-0.05, 0) is 38.7 Å². The highest BCUT2D eigenvalue weighted by Crippen LogP contribution is 2.32. The van der Waals surface area contributed by atoms with E-state index in [0.717, 1.165) is 18.7 Å². The number of nitrogens with zero attached hydrogens (tertiary/aromatic N) is 3. The topological polar surface area (TPSA) is 44.9 Å². The van der Waals surface area contributed by atoms with Gasteiger partial charge in [0.25, 0.3) is 0 Å². The van der Waals surface area contributed by atoms with Crippen molar-refractivity contribution >= 4 is 5.96 Å². The fraction of sp³-hybridized carbons (Fsp3) is 0.500. The number of halogens is 1. The molecule has 0 saturated carbocycles. The fourth-order valence-corrected chi connectivity index (χ4v) is 2.39. The summed E-state index contributed by atoms with van der Waals surface area (Å²) in [5, 5.41) is 0. The third-order valence-electron chi connectivity index (χ3n) is 3.64. The Bertz CT molecular complexity index is 486. The summed E-state index contributed by atoms with van der Waals surface area (Å²) in [6, 6.07) is 6.68. The van der Waals surface area contributed by atoms with Crippen LogP contribution in [-0.4, -0.2) is 49.5 Å². The predicted octanol–water partition coefficient (Wildman–Crippen LogP) is 1.23. The van der Waals surface area contributed by atoms with Gasteiger partial charge in [-0.3, -0.25) is 4.99 Å². The van der Waals surface area contributed by atoms with Crippen LogP contribution in [-0.2, 0) is 5.54 Å². The molecule has 0 aromatic heterocycles. The largest absolute Gasteiger partial charge is 0.370 e. The van der Waals surface area contributed by atoms with Crippen molar-refractivity contribution in [2.75, 3.05) is 33.7 Å². The lowest BCUT2D eigenvalue weighted by Gasteiger charge is -2.37. The minimum Gasteiger partial charge on any atom is -0.370 e. The van der Waals surface area contributed by atoms with Gasteiger partial charge in [0.2, 0.25) is 0 Å². The first-order valence-corrected chi connectivity index (χ1v) is 6.42. The summed E-state index contributed by atoms with van der Waals surface area (Å²) in [4.78, 5) is 8.49. The minimum absolute atomic E-state index is 0.225. The normalized spacial score (nSPS) is 23.0. The molecule has 0 aliphatic carbocycles. The number of likely N-dealkylation sites (N-methyl/N-ethyl adjacent to an activating group) is 1. The molecule has 0 fully saturated rings. The average molecular weight is 264 g/mol. The van der Waals surface area contributed by atoms with Crippen LogP contribution in [0.2, 0.25) is 0 Å². The van der Waals surface area contributed by atoms with Crippen LogP contribution in [0, 0.1) is 5.82 Å². The summed E-state index contributed by atoms with van der Waals surface area (Å²) in [5.74, 6) is 0.311. The molecule has 0 radical (unpaired) electrons. The molecule has 1 heterocycles. The lowest BCUT2D eigenvalue weighted by Crippen LogP contribution is -2.49. The molecule has 1 aromatic carbocycles. The quantitative estimate of drug-likeness (QED) is 0.889. The number of guanidine groups is 1. The number of hydrogen-bond acceptors (Lipinski definition) is 4. The second-order valence-corrected chi connectivity index (χ2v) is 5.41. The third kappa shape index (κ3) is 2.71.